The predicted molar refractivity (Wildman–Crippen MR) is 58.6 cm³/mol. The Labute approximate surface area is 107 Å². The molecule has 1 aliphatic rings. The molecular weight excluding hydrogens is 263 g/mol. The lowest BCUT2D eigenvalue weighted by Crippen LogP contribution is -2.42. The number of aliphatic carboxylic acids is 1. The van der Waals surface area contributed by atoms with Crippen molar-refractivity contribution in [2.45, 2.75) is 24.4 Å². The summed E-state index contributed by atoms with van der Waals surface area (Å²) in [6, 6.07) is 0.815. The largest absolute Gasteiger partial charge is 0.481 e. The summed E-state index contributed by atoms with van der Waals surface area (Å²) in [5.74, 6) is -1.27. The zero-order valence-corrected chi connectivity index (χ0v) is 9.91. The van der Waals surface area contributed by atoms with E-state index in [1.807, 2.05) is 0 Å². The minimum Gasteiger partial charge on any atom is -0.481 e. The number of aromatic nitrogens is 1. The van der Waals surface area contributed by atoms with E-state index in [2.05, 4.69) is 4.98 Å². The Hall–Kier alpha value is -1.63. The number of alkyl halides is 3. The topological polar surface area (TPSA) is 59.4 Å². The maximum atomic E-state index is 13.0. The number of nitrogens with zero attached hydrogens (tertiary/aromatic N) is 1. The van der Waals surface area contributed by atoms with E-state index in [0.29, 0.717) is 0 Å². The number of rotatable bonds is 2. The maximum Gasteiger partial charge on any atom is 0.416 e. The molecule has 0 aliphatic carbocycles. The van der Waals surface area contributed by atoms with Crippen LogP contribution in [-0.2, 0) is 21.1 Å². The molecule has 0 saturated carbocycles. The lowest BCUT2D eigenvalue weighted by atomic mass is 9.73. The minimum atomic E-state index is -4.60. The van der Waals surface area contributed by atoms with E-state index in [0.717, 1.165) is 18.5 Å². The van der Waals surface area contributed by atoms with Crippen LogP contribution in [0.4, 0.5) is 13.2 Å². The number of halogens is 3. The number of carboxylic acid groups (broad SMARTS) is 1. The van der Waals surface area contributed by atoms with Gasteiger partial charge in [0.15, 0.2) is 0 Å². The lowest BCUT2D eigenvalue weighted by molar-refractivity contribution is -0.150. The number of pyridine rings is 1. The van der Waals surface area contributed by atoms with Gasteiger partial charge in [-0.25, -0.2) is 0 Å². The molecule has 1 aromatic rings. The van der Waals surface area contributed by atoms with Crippen molar-refractivity contribution in [2.75, 3.05) is 13.2 Å². The van der Waals surface area contributed by atoms with Crippen molar-refractivity contribution in [3.8, 4) is 0 Å². The molecule has 0 unspecified atom stereocenters. The fourth-order valence-electron chi connectivity index (χ4n) is 2.34. The zero-order valence-electron chi connectivity index (χ0n) is 9.91. The fourth-order valence-corrected chi connectivity index (χ4v) is 2.34. The number of ether oxygens (including phenoxy) is 1. The second kappa shape index (κ2) is 4.80. The Kier molecular flexibility index (Phi) is 3.49. The molecule has 104 valence electrons. The standard InChI is InChI=1S/C12H12F3NO3/c13-12(14,15)8-1-4-16-7-9(8)11(10(17)18)2-5-19-6-3-11/h1,4,7H,2-3,5-6H2,(H,17,18). The van der Waals surface area contributed by atoms with Crippen molar-refractivity contribution in [1.82, 2.24) is 4.98 Å². The van der Waals surface area contributed by atoms with Crippen LogP contribution in [0.1, 0.15) is 24.0 Å². The van der Waals surface area contributed by atoms with Gasteiger partial charge in [0.2, 0.25) is 0 Å². The summed E-state index contributed by atoms with van der Waals surface area (Å²) in [6.45, 7) is 0.247. The van der Waals surface area contributed by atoms with Gasteiger partial charge in [0.25, 0.3) is 0 Å². The highest BCUT2D eigenvalue weighted by Gasteiger charge is 2.47. The molecule has 19 heavy (non-hydrogen) atoms. The number of hydrogen-bond donors (Lipinski definition) is 1. The molecule has 0 atom stereocenters. The normalized spacial score (nSPS) is 19.1. The molecule has 0 amide bonds. The second-order valence-electron chi connectivity index (χ2n) is 4.42. The molecule has 1 saturated heterocycles. The minimum absolute atomic E-state index is 0.0110. The molecule has 2 heterocycles. The van der Waals surface area contributed by atoms with E-state index in [4.69, 9.17) is 4.74 Å². The molecule has 1 N–H and O–H groups in total. The Morgan fingerprint density at radius 2 is 2.00 bits per heavy atom. The van der Waals surface area contributed by atoms with Crippen molar-refractivity contribution in [2.24, 2.45) is 0 Å². The van der Waals surface area contributed by atoms with Crippen molar-refractivity contribution >= 4 is 5.97 Å². The number of hydrogen-bond acceptors (Lipinski definition) is 3. The third-order valence-electron chi connectivity index (χ3n) is 3.40. The molecule has 0 spiro atoms. The highest BCUT2D eigenvalue weighted by molar-refractivity contribution is 5.82. The van der Waals surface area contributed by atoms with Crippen molar-refractivity contribution < 1.29 is 27.8 Å². The Balaban J connectivity index is 2.58. The van der Waals surface area contributed by atoms with Gasteiger partial charge in [-0.15, -0.1) is 0 Å². The molecule has 1 fully saturated rings. The highest BCUT2D eigenvalue weighted by atomic mass is 19.4. The van der Waals surface area contributed by atoms with E-state index in [1.54, 1.807) is 0 Å². The highest BCUT2D eigenvalue weighted by Crippen LogP contribution is 2.42. The molecule has 2 rings (SSSR count). The summed E-state index contributed by atoms with van der Waals surface area (Å²) in [6.07, 6.45) is -2.56. The Morgan fingerprint density at radius 3 is 2.53 bits per heavy atom. The lowest BCUT2D eigenvalue weighted by Gasteiger charge is -2.34. The van der Waals surface area contributed by atoms with Crippen LogP contribution in [0, 0.1) is 0 Å². The SMILES string of the molecule is O=C(O)C1(c2cnccc2C(F)(F)F)CCOCC1. The molecular formula is C12H12F3NO3. The average Bonchev–Trinajstić information content (AvgIpc) is 2.38. The van der Waals surface area contributed by atoms with Crippen LogP contribution in [0.2, 0.25) is 0 Å². The summed E-state index contributed by atoms with van der Waals surface area (Å²) in [7, 11) is 0. The van der Waals surface area contributed by atoms with E-state index in [-0.39, 0.29) is 31.6 Å². The molecule has 0 radical (unpaired) electrons. The predicted octanol–water partition coefficient (Wildman–Crippen LogP) is 2.23. The number of carbonyl (C=O) groups is 1. The first-order chi connectivity index (χ1) is 8.88. The summed E-state index contributed by atoms with van der Waals surface area (Å²) >= 11 is 0. The van der Waals surface area contributed by atoms with E-state index in [9.17, 15) is 23.1 Å². The van der Waals surface area contributed by atoms with E-state index in [1.165, 1.54) is 0 Å². The third kappa shape index (κ3) is 2.42. The molecule has 0 aromatic carbocycles. The van der Waals surface area contributed by atoms with Crippen molar-refractivity contribution in [3.63, 3.8) is 0 Å². The monoisotopic (exact) mass is 275 g/mol. The van der Waals surface area contributed by atoms with Crippen molar-refractivity contribution in [1.29, 1.82) is 0 Å². The summed E-state index contributed by atoms with van der Waals surface area (Å²) in [4.78, 5) is 15.2. The quantitative estimate of drug-likeness (QED) is 0.899. The van der Waals surface area contributed by atoms with Gasteiger partial charge >= 0.3 is 12.1 Å². The smallest absolute Gasteiger partial charge is 0.416 e. The van der Waals surface area contributed by atoms with Gasteiger partial charge in [-0.05, 0) is 18.9 Å². The van der Waals surface area contributed by atoms with E-state index < -0.39 is 23.1 Å². The Morgan fingerprint density at radius 1 is 1.37 bits per heavy atom. The fraction of sp³-hybridized carbons (Fsp3) is 0.500. The van der Waals surface area contributed by atoms with Crippen LogP contribution >= 0.6 is 0 Å². The maximum absolute atomic E-state index is 13.0. The first-order valence-corrected chi connectivity index (χ1v) is 5.71. The average molecular weight is 275 g/mol. The van der Waals surface area contributed by atoms with Crippen LogP contribution < -0.4 is 0 Å². The van der Waals surface area contributed by atoms with Crippen molar-refractivity contribution in [3.05, 3.63) is 29.6 Å². The van der Waals surface area contributed by atoms with Gasteiger partial charge in [-0.3, -0.25) is 9.78 Å². The van der Waals surface area contributed by atoms with Crippen LogP contribution in [-0.4, -0.2) is 29.3 Å². The zero-order chi connectivity index (χ0) is 14.1. The Bertz CT molecular complexity index is 481. The molecule has 1 aromatic heterocycles. The molecule has 0 bridgehead atoms. The van der Waals surface area contributed by atoms with Gasteiger partial charge in [0, 0.05) is 31.2 Å². The van der Waals surface area contributed by atoms with E-state index >= 15 is 0 Å². The van der Waals surface area contributed by atoms with Gasteiger partial charge in [-0.2, -0.15) is 13.2 Å². The van der Waals surface area contributed by atoms with Crippen LogP contribution in [0.3, 0.4) is 0 Å². The molecule has 1 aliphatic heterocycles. The van der Waals surface area contributed by atoms with Crippen LogP contribution in [0.15, 0.2) is 18.5 Å². The summed E-state index contributed by atoms with van der Waals surface area (Å²) in [5, 5.41) is 9.38. The van der Waals surface area contributed by atoms with Gasteiger partial charge in [0.1, 0.15) is 0 Å². The first-order valence-electron chi connectivity index (χ1n) is 5.71. The van der Waals surface area contributed by atoms with Crippen LogP contribution in [0.25, 0.3) is 0 Å². The summed E-state index contributed by atoms with van der Waals surface area (Å²) < 4.78 is 44.0. The number of carboxylic acids is 1. The van der Waals surface area contributed by atoms with Gasteiger partial charge < -0.3 is 9.84 Å². The second-order valence-corrected chi connectivity index (χ2v) is 4.42. The first kappa shape index (κ1) is 13.8. The van der Waals surface area contributed by atoms with Gasteiger partial charge in [-0.1, -0.05) is 0 Å². The van der Waals surface area contributed by atoms with Gasteiger partial charge in [0.05, 0.1) is 11.0 Å². The molecule has 4 nitrogen and oxygen atoms in total. The van der Waals surface area contributed by atoms with Crippen LogP contribution in [0.5, 0.6) is 0 Å². The molecule has 7 heteroatoms. The third-order valence-corrected chi connectivity index (χ3v) is 3.40. The summed E-state index contributed by atoms with van der Waals surface area (Å²) in [5.41, 5.74) is -2.79.